The lowest BCUT2D eigenvalue weighted by molar-refractivity contribution is 0.476. The van der Waals surface area contributed by atoms with Gasteiger partial charge in [0.1, 0.15) is 6.33 Å². The molecule has 0 aliphatic rings. The Morgan fingerprint density at radius 2 is 2.33 bits per heavy atom. The first-order valence-electron chi connectivity index (χ1n) is 2.77. The second-order valence-electron chi connectivity index (χ2n) is 2.09. The molecule has 1 aromatic rings. The maximum Gasteiger partial charge on any atom is 0.327 e. The minimum atomic E-state index is -0.663. The lowest BCUT2D eigenvalue weighted by Crippen LogP contribution is -2.00. The van der Waals surface area contributed by atoms with E-state index in [1.54, 1.807) is 0 Å². The summed E-state index contributed by atoms with van der Waals surface area (Å²) in [5.74, 6) is 0. The molecule has 0 unspecified atom stereocenters. The van der Waals surface area contributed by atoms with Gasteiger partial charge < -0.3 is 0 Å². The van der Waals surface area contributed by atoms with Gasteiger partial charge in [0.05, 0.1) is 0 Å². The van der Waals surface area contributed by atoms with Gasteiger partial charge in [-0.25, -0.2) is 4.68 Å². The van der Waals surface area contributed by atoms with Crippen LogP contribution in [-0.2, 0) is 0 Å². The van der Waals surface area contributed by atoms with E-state index in [2.05, 4.69) is 10.1 Å². The van der Waals surface area contributed by atoms with Crippen LogP contribution in [-0.4, -0.2) is 14.8 Å². The predicted octanol–water partition coefficient (Wildman–Crippen LogP) is 0.998. The second kappa shape index (κ2) is 2.13. The van der Waals surface area contributed by atoms with Gasteiger partial charge in [-0.3, -0.25) is 0 Å². The number of hydrogen-bond donors (Lipinski definition) is 0. The highest BCUT2D eigenvalue weighted by molar-refractivity contribution is 4.63. The Labute approximate surface area is 52.5 Å². The van der Waals surface area contributed by atoms with Crippen LogP contribution in [0.15, 0.2) is 6.33 Å². The average Bonchev–Trinajstić information content (AvgIpc) is 2.14. The molecule has 1 heterocycles. The number of halogens is 1. The van der Waals surface area contributed by atoms with Crippen LogP contribution in [0, 0.1) is 6.08 Å². The number of nitrogens with zero attached hydrogens (tertiary/aromatic N) is 3. The molecule has 0 amide bonds. The number of rotatable bonds is 1. The zero-order valence-electron chi connectivity index (χ0n) is 5.37. The smallest absolute Gasteiger partial charge is 0.248 e. The highest BCUT2D eigenvalue weighted by Gasteiger charge is 1.99. The highest BCUT2D eigenvalue weighted by atomic mass is 19.1. The molecule has 4 heteroatoms. The van der Waals surface area contributed by atoms with Crippen molar-refractivity contribution in [2.75, 3.05) is 0 Å². The summed E-state index contributed by atoms with van der Waals surface area (Å²) in [6.45, 7) is 3.82. The van der Waals surface area contributed by atoms with Gasteiger partial charge in [-0.15, -0.1) is 5.10 Å². The van der Waals surface area contributed by atoms with Crippen molar-refractivity contribution < 1.29 is 4.39 Å². The normalized spacial score (nSPS) is 10.7. The maximum absolute atomic E-state index is 12.0. The molecule has 0 N–H and O–H groups in total. The first-order valence-corrected chi connectivity index (χ1v) is 2.77. The van der Waals surface area contributed by atoms with Crippen molar-refractivity contribution in [2.45, 2.75) is 19.9 Å². The van der Waals surface area contributed by atoms with Crippen molar-refractivity contribution in [1.29, 1.82) is 0 Å². The summed E-state index contributed by atoms with van der Waals surface area (Å²) in [5, 5.41) is 3.45. The molecular weight excluding hydrogens is 121 g/mol. The molecule has 0 radical (unpaired) electrons. The second-order valence-corrected chi connectivity index (χ2v) is 2.09. The summed E-state index contributed by atoms with van der Waals surface area (Å²) >= 11 is 0. The van der Waals surface area contributed by atoms with Gasteiger partial charge in [-0.1, -0.05) is 0 Å². The molecule has 9 heavy (non-hydrogen) atoms. The topological polar surface area (TPSA) is 30.7 Å². The average molecular weight is 129 g/mol. The fraction of sp³-hybridized carbons (Fsp3) is 0.600. The lowest BCUT2D eigenvalue weighted by Gasteiger charge is -2.00. The Morgan fingerprint density at radius 3 is 2.56 bits per heavy atom. The quantitative estimate of drug-likeness (QED) is 0.566. The van der Waals surface area contributed by atoms with Crippen LogP contribution < -0.4 is 0 Å². The summed E-state index contributed by atoms with van der Waals surface area (Å²) in [7, 11) is 0. The Kier molecular flexibility index (Phi) is 1.46. The minimum absolute atomic E-state index is 0.182. The molecule has 0 saturated heterocycles. The molecule has 1 aromatic heterocycles. The van der Waals surface area contributed by atoms with Crippen molar-refractivity contribution in [2.24, 2.45) is 0 Å². The van der Waals surface area contributed by atoms with Crippen LogP contribution in [0.3, 0.4) is 0 Å². The molecule has 0 aliphatic heterocycles. The summed E-state index contributed by atoms with van der Waals surface area (Å²) < 4.78 is 13.5. The fourth-order valence-corrected chi connectivity index (χ4v) is 0.503. The molecule has 0 saturated carbocycles. The van der Waals surface area contributed by atoms with Crippen molar-refractivity contribution >= 4 is 0 Å². The van der Waals surface area contributed by atoms with Crippen molar-refractivity contribution in [1.82, 2.24) is 14.8 Å². The van der Waals surface area contributed by atoms with E-state index in [-0.39, 0.29) is 6.04 Å². The third kappa shape index (κ3) is 1.25. The largest absolute Gasteiger partial charge is 0.327 e. The van der Waals surface area contributed by atoms with E-state index in [1.807, 2.05) is 13.8 Å². The summed E-state index contributed by atoms with van der Waals surface area (Å²) in [5.41, 5.74) is 0. The molecule has 0 atom stereocenters. The van der Waals surface area contributed by atoms with E-state index in [9.17, 15) is 4.39 Å². The number of aromatic nitrogens is 3. The van der Waals surface area contributed by atoms with Gasteiger partial charge in [-0.05, 0) is 13.8 Å². The van der Waals surface area contributed by atoms with Crippen LogP contribution in [0.2, 0.25) is 0 Å². The highest BCUT2D eigenvalue weighted by Crippen LogP contribution is 1.98. The number of hydrogen-bond acceptors (Lipinski definition) is 2. The van der Waals surface area contributed by atoms with Crippen molar-refractivity contribution in [3.8, 4) is 0 Å². The van der Waals surface area contributed by atoms with Gasteiger partial charge in [0, 0.05) is 6.04 Å². The Morgan fingerprint density at radius 1 is 1.67 bits per heavy atom. The third-order valence-corrected chi connectivity index (χ3v) is 1.01. The Hall–Kier alpha value is -0.930. The van der Waals surface area contributed by atoms with E-state index in [0.29, 0.717) is 0 Å². The van der Waals surface area contributed by atoms with E-state index in [4.69, 9.17) is 0 Å². The van der Waals surface area contributed by atoms with Gasteiger partial charge in [0.25, 0.3) is 0 Å². The summed E-state index contributed by atoms with van der Waals surface area (Å²) in [4.78, 5) is 3.32. The van der Waals surface area contributed by atoms with Crippen molar-refractivity contribution in [3.63, 3.8) is 0 Å². The molecule has 0 fully saturated rings. The van der Waals surface area contributed by atoms with Crippen LogP contribution in [0.4, 0.5) is 4.39 Å². The molecule has 50 valence electrons. The van der Waals surface area contributed by atoms with Gasteiger partial charge in [-0.2, -0.15) is 9.37 Å². The van der Waals surface area contributed by atoms with Gasteiger partial charge >= 0.3 is 6.08 Å². The standard InChI is InChI=1S/C5H8FN3/c1-4(2)9-3-7-5(6)8-9/h3-4H,1-2H3. The van der Waals surface area contributed by atoms with E-state index in [0.717, 1.165) is 0 Å². The summed E-state index contributed by atoms with van der Waals surface area (Å²) in [6.07, 6.45) is 0.712. The van der Waals surface area contributed by atoms with Gasteiger partial charge in [0.15, 0.2) is 0 Å². The Bertz CT molecular complexity index is 194. The summed E-state index contributed by atoms with van der Waals surface area (Å²) in [6, 6.07) is 0.182. The van der Waals surface area contributed by atoms with Crippen LogP contribution in [0.1, 0.15) is 19.9 Å². The molecule has 0 bridgehead atoms. The van der Waals surface area contributed by atoms with Crippen LogP contribution in [0.25, 0.3) is 0 Å². The zero-order chi connectivity index (χ0) is 6.85. The fourth-order valence-electron chi connectivity index (χ4n) is 0.503. The van der Waals surface area contributed by atoms with Gasteiger partial charge in [0.2, 0.25) is 0 Å². The maximum atomic E-state index is 12.0. The molecule has 1 rings (SSSR count). The molecule has 0 aromatic carbocycles. The van der Waals surface area contributed by atoms with Crippen molar-refractivity contribution in [3.05, 3.63) is 12.4 Å². The molecule has 0 aliphatic carbocycles. The minimum Gasteiger partial charge on any atom is -0.248 e. The van der Waals surface area contributed by atoms with E-state index in [1.165, 1.54) is 11.0 Å². The third-order valence-electron chi connectivity index (χ3n) is 1.01. The monoisotopic (exact) mass is 129 g/mol. The molecular formula is C5H8FN3. The SMILES string of the molecule is CC(C)n1cnc(F)n1. The lowest BCUT2D eigenvalue weighted by atomic mass is 10.4. The van der Waals surface area contributed by atoms with E-state index < -0.39 is 6.08 Å². The molecule has 3 nitrogen and oxygen atoms in total. The predicted molar refractivity (Wildman–Crippen MR) is 30.4 cm³/mol. The first kappa shape index (κ1) is 6.19. The first-order chi connectivity index (χ1) is 4.20. The van der Waals surface area contributed by atoms with Crippen LogP contribution >= 0.6 is 0 Å². The van der Waals surface area contributed by atoms with E-state index >= 15 is 0 Å². The Balaban J connectivity index is 2.85. The zero-order valence-corrected chi connectivity index (χ0v) is 5.37. The van der Waals surface area contributed by atoms with Crippen LogP contribution in [0.5, 0.6) is 0 Å². The molecule has 0 spiro atoms.